The molecule has 2 aromatic rings. The number of primary amides is 1. The Morgan fingerprint density at radius 3 is 2.62 bits per heavy atom. The summed E-state index contributed by atoms with van der Waals surface area (Å²) in [5.41, 5.74) is 6.23. The Labute approximate surface area is 172 Å². The number of para-hydroxylation sites is 1. The first-order valence-corrected chi connectivity index (χ1v) is 10.2. The zero-order chi connectivity index (χ0) is 20.8. The first-order valence-electron chi connectivity index (χ1n) is 10.2. The van der Waals surface area contributed by atoms with Gasteiger partial charge >= 0.3 is 0 Å². The smallest absolute Gasteiger partial charge is 0.225 e. The number of fused-ring (bicyclic) bond motifs is 1. The molecule has 1 fully saturated rings. The molecule has 0 unspecified atom stereocenters. The summed E-state index contributed by atoms with van der Waals surface area (Å²) in [6.45, 7) is 2.47. The molecule has 0 spiro atoms. The Morgan fingerprint density at radius 2 is 1.97 bits per heavy atom. The van der Waals surface area contributed by atoms with E-state index in [1.807, 2.05) is 32.3 Å². The van der Waals surface area contributed by atoms with E-state index in [-0.39, 0.29) is 11.8 Å². The van der Waals surface area contributed by atoms with Gasteiger partial charge in [0.05, 0.1) is 7.11 Å². The summed E-state index contributed by atoms with van der Waals surface area (Å²) < 4.78 is 5.51. The summed E-state index contributed by atoms with van der Waals surface area (Å²) in [5, 5.41) is 7.76. The number of hydrogen-bond acceptors (Lipinski definition) is 7. The number of aromatic nitrogens is 2. The third-order valence-corrected chi connectivity index (χ3v) is 5.56. The highest BCUT2D eigenvalue weighted by molar-refractivity contribution is 5.94. The van der Waals surface area contributed by atoms with Gasteiger partial charge in [0.15, 0.2) is 0 Å². The number of anilines is 2. The standard InChI is InChI=1S/C21H32N6O2/c1-27(2)12-11-23-20-16-5-4-6-17(29-3)18(16)25-21(26-20)24-13-14-7-9-15(10-8-14)19(22)28/h4-6,14-15H,7-13H2,1-3H3,(H2,22,28)(H2,23,24,25,26). The Hall–Kier alpha value is -2.61. The van der Waals surface area contributed by atoms with Crippen LogP contribution >= 0.6 is 0 Å². The van der Waals surface area contributed by atoms with Gasteiger partial charge in [-0.05, 0) is 57.8 Å². The van der Waals surface area contributed by atoms with Crippen molar-refractivity contribution in [2.75, 3.05) is 51.5 Å². The summed E-state index contributed by atoms with van der Waals surface area (Å²) in [4.78, 5) is 22.9. The van der Waals surface area contributed by atoms with Crippen LogP contribution in [0, 0.1) is 11.8 Å². The van der Waals surface area contributed by atoms with Gasteiger partial charge in [-0.2, -0.15) is 4.98 Å². The molecule has 1 heterocycles. The highest BCUT2D eigenvalue weighted by Crippen LogP contribution is 2.31. The monoisotopic (exact) mass is 400 g/mol. The number of carbonyl (C=O) groups excluding carboxylic acids is 1. The van der Waals surface area contributed by atoms with E-state index in [2.05, 4.69) is 15.5 Å². The van der Waals surface area contributed by atoms with Crippen molar-refractivity contribution in [1.82, 2.24) is 14.9 Å². The summed E-state index contributed by atoms with van der Waals surface area (Å²) in [7, 11) is 5.74. The molecule has 4 N–H and O–H groups in total. The van der Waals surface area contributed by atoms with Crippen molar-refractivity contribution in [3.8, 4) is 5.75 Å². The summed E-state index contributed by atoms with van der Waals surface area (Å²) in [6, 6.07) is 5.87. The number of amides is 1. The summed E-state index contributed by atoms with van der Waals surface area (Å²) in [5.74, 6) is 2.47. The van der Waals surface area contributed by atoms with Crippen molar-refractivity contribution in [1.29, 1.82) is 0 Å². The molecule has 1 aromatic carbocycles. The highest BCUT2D eigenvalue weighted by Gasteiger charge is 2.24. The molecule has 0 radical (unpaired) electrons. The first kappa shape index (κ1) is 21.1. The van der Waals surface area contributed by atoms with Gasteiger partial charge in [0.1, 0.15) is 17.1 Å². The van der Waals surface area contributed by atoms with E-state index in [1.165, 1.54) is 0 Å². The van der Waals surface area contributed by atoms with Gasteiger partial charge in [0, 0.05) is 30.9 Å². The molecule has 3 rings (SSSR count). The molecular formula is C21H32N6O2. The maximum atomic E-state index is 11.4. The number of hydrogen-bond donors (Lipinski definition) is 3. The lowest BCUT2D eigenvalue weighted by Gasteiger charge is -2.26. The molecule has 1 aromatic heterocycles. The number of benzene rings is 1. The molecule has 1 amide bonds. The lowest BCUT2D eigenvalue weighted by molar-refractivity contribution is -0.122. The van der Waals surface area contributed by atoms with Crippen LogP contribution in [0.3, 0.4) is 0 Å². The fourth-order valence-electron chi connectivity index (χ4n) is 3.79. The topological polar surface area (TPSA) is 105 Å². The molecule has 1 aliphatic rings. The number of nitrogens with one attached hydrogen (secondary N) is 2. The van der Waals surface area contributed by atoms with Crippen LogP contribution in [0.1, 0.15) is 25.7 Å². The van der Waals surface area contributed by atoms with E-state index < -0.39 is 0 Å². The maximum absolute atomic E-state index is 11.4. The number of likely N-dealkylation sites (N-methyl/N-ethyl adjacent to an activating group) is 1. The average Bonchev–Trinajstić information content (AvgIpc) is 2.71. The van der Waals surface area contributed by atoms with Crippen LogP contribution in [0.5, 0.6) is 5.75 Å². The largest absolute Gasteiger partial charge is 0.494 e. The van der Waals surface area contributed by atoms with E-state index in [1.54, 1.807) is 7.11 Å². The van der Waals surface area contributed by atoms with E-state index in [0.717, 1.165) is 67.8 Å². The summed E-state index contributed by atoms with van der Waals surface area (Å²) >= 11 is 0. The van der Waals surface area contributed by atoms with Crippen LogP contribution in [-0.2, 0) is 4.79 Å². The zero-order valence-corrected chi connectivity index (χ0v) is 17.6. The van der Waals surface area contributed by atoms with Crippen molar-refractivity contribution in [3.63, 3.8) is 0 Å². The van der Waals surface area contributed by atoms with Gasteiger partial charge in [-0.15, -0.1) is 0 Å². The van der Waals surface area contributed by atoms with Crippen LogP contribution in [0.15, 0.2) is 18.2 Å². The molecule has 0 atom stereocenters. The minimum Gasteiger partial charge on any atom is -0.494 e. The second-order valence-corrected chi connectivity index (χ2v) is 7.98. The minimum atomic E-state index is -0.171. The molecule has 29 heavy (non-hydrogen) atoms. The molecular weight excluding hydrogens is 368 g/mol. The summed E-state index contributed by atoms with van der Waals surface area (Å²) in [6.07, 6.45) is 3.72. The molecule has 0 saturated heterocycles. The lowest BCUT2D eigenvalue weighted by atomic mass is 9.82. The first-order chi connectivity index (χ1) is 14.0. The molecule has 0 bridgehead atoms. The van der Waals surface area contributed by atoms with Crippen molar-refractivity contribution in [2.24, 2.45) is 17.6 Å². The molecule has 1 saturated carbocycles. The molecule has 158 valence electrons. The minimum absolute atomic E-state index is 0.0277. The average molecular weight is 401 g/mol. The van der Waals surface area contributed by atoms with Gasteiger partial charge in [-0.3, -0.25) is 4.79 Å². The number of rotatable bonds is 9. The normalized spacial score (nSPS) is 19.3. The third kappa shape index (κ3) is 5.47. The second-order valence-electron chi connectivity index (χ2n) is 7.98. The quantitative estimate of drug-likeness (QED) is 0.593. The number of ether oxygens (including phenoxy) is 1. The van der Waals surface area contributed by atoms with E-state index >= 15 is 0 Å². The van der Waals surface area contributed by atoms with E-state index in [9.17, 15) is 4.79 Å². The number of carbonyl (C=O) groups is 1. The van der Waals surface area contributed by atoms with Crippen molar-refractivity contribution in [2.45, 2.75) is 25.7 Å². The molecule has 8 heteroatoms. The third-order valence-electron chi connectivity index (χ3n) is 5.56. The number of nitrogens with zero attached hydrogens (tertiary/aromatic N) is 3. The highest BCUT2D eigenvalue weighted by atomic mass is 16.5. The van der Waals surface area contributed by atoms with Crippen LogP contribution in [-0.4, -0.2) is 61.6 Å². The molecule has 0 aliphatic heterocycles. The predicted octanol–water partition coefficient (Wildman–Crippen LogP) is 2.32. The lowest BCUT2D eigenvalue weighted by Crippen LogP contribution is -2.29. The zero-order valence-electron chi connectivity index (χ0n) is 17.6. The van der Waals surface area contributed by atoms with Crippen molar-refractivity contribution >= 4 is 28.6 Å². The fraction of sp³-hybridized carbons (Fsp3) is 0.571. The Kier molecular flexibility index (Phi) is 7.09. The number of nitrogens with two attached hydrogens (primary N) is 1. The molecule has 8 nitrogen and oxygen atoms in total. The van der Waals surface area contributed by atoms with Gasteiger partial charge < -0.3 is 26.0 Å². The maximum Gasteiger partial charge on any atom is 0.225 e. The van der Waals surface area contributed by atoms with E-state index in [0.29, 0.717) is 11.9 Å². The van der Waals surface area contributed by atoms with Crippen molar-refractivity contribution in [3.05, 3.63) is 18.2 Å². The van der Waals surface area contributed by atoms with Gasteiger partial charge in [0.25, 0.3) is 0 Å². The van der Waals surface area contributed by atoms with Crippen LogP contribution in [0.2, 0.25) is 0 Å². The second kappa shape index (κ2) is 9.73. The van der Waals surface area contributed by atoms with Gasteiger partial charge in [-0.1, -0.05) is 6.07 Å². The number of methoxy groups -OCH3 is 1. The SMILES string of the molecule is COc1cccc2c(NCCN(C)C)nc(NCC3CCC(C(N)=O)CC3)nc12. The van der Waals surface area contributed by atoms with Gasteiger partial charge in [-0.25, -0.2) is 4.98 Å². The Morgan fingerprint density at radius 1 is 1.21 bits per heavy atom. The Bertz CT molecular complexity index is 833. The van der Waals surface area contributed by atoms with E-state index in [4.69, 9.17) is 20.4 Å². The predicted molar refractivity (Wildman–Crippen MR) is 116 cm³/mol. The van der Waals surface area contributed by atoms with Crippen LogP contribution in [0.25, 0.3) is 10.9 Å². The Balaban J connectivity index is 1.74. The molecule has 1 aliphatic carbocycles. The van der Waals surface area contributed by atoms with Crippen molar-refractivity contribution < 1.29 is 9.53 Å². The fourth-order valence-corrected chi connectivity index (χ4v) is 3.79. The van der Waals surface area contributed by atoms with Gasteiger partial charge in [0.2, 0.25) is 11.9 Å². The van der Waals surface area contributed by atoms with Crippen LogP contribution < -0.4 is 21.1 Å². The van der Waals surface area contributed by atoms with Crippen LogP contribution in [0.4, 0.5) is 11.8 Å².